The lowest BCUT2D eigenvalue weighted by molar-refractivity contribution is 0.0305. The highest BCUT2D eigenvalue weighted by molar-refractivity contribution is 5.95. The Balaban J connectivity index is 2.19. The van der Waals surface area contributed by atoms with Crippen LogP contribution in [0.25, 0.3) is 0 Å². The van der Waals surface area contributed by atoms with Crippen LogP contribution >= 0.6 is 0 Å². The fraction of sp³-hybridized carbons (Fsp3) is 0.588. The van der Waals surface area contributed by atoms with Gasteiger partial charge in [-0.1, -0.05) is 0 Å². The average Bonchev–Trinajstić information content (AvgIpc) is 2.61. The van der Waals surface area contributed by atoms with E-state index in [9.17, 15) is 4.79 Å². The summed E-state index contributed by atoms with van der Waals surface area (Å²) in [6, 6.07) is 5.51. The lowest BCUT2D eigenvalue weighted by Crippen LogP contribution is -2.43. The van der Waals surface area contributed by atoms with Gasteiger partial charge in [0.1, 0.15) is 6.61 Å². The molecule has 1 heterocycles. The number of ether oxygens (including phenoxy) is 3. The van der Waals surface area contributed by atoms with Crippen LogP contribution in [0.15, 0.2) is 18.2 Å². The summed E-state index contributed by atoms with van der Waals surface area (Å²) in [4.78, 5) is 14.8. The first kappa shape index (κ1) is 17.6. The molecule has 2 N–H and O–H groups in total. The van der Waals surface area contributed by atoms with E-state index in [2.05, 4.69) is 0 Å². The van der Waals surface area contributed by atoms with Crippen molar-refractivity contribution in [3.63, 3.8) is 0 Å². The van der Waals surface area contributed by atoms with Gasteiger partial charge in [-0.05, 0) is 38.0 Å². The van der Waals surface area contributed by atoms with Crippen molar-refractivity contribution in [3.8, 4) is 11.5 Å². The zero-order valence-electron chi connectivity index (χ0n) is 13.9. The second-order valence-corrected chi connectivity index (χ2v) is 5.44. The van der Waals surface area contributed by atoms with Gasteiger partial charge >= 0.3 is 0 Å². The molecule has 1 saturated heterocycles. The number of hydrogen-bond donors (Lipinski definition) is 1. The molecule has 1 amide bonds. The summed E-state index contributed by atoms with van der Waals surface area (Å²) < 4.78 is 16.2. The summed E-state index contributed by atoms with van der Waals surface area (Å²) in [6.07, 6.45) is 1.76. The predicted octanol–water partition coefficient (Wildman–Crippen LogP) is 1.67. The zero-order chi connectivity index (χ0) is 16.7. The monoisotopic (exact) mass is 322 g/mol. The summed E-state index contributed by atoms with van der Waals surface area (Å²) in [5.74, 6) is 1.16. The molecule has 6 nitrogen and oxygen atoms in total. The topological polar surface area (TPSA) is 74.0 Å². The van der Waals surface area contributed by atoms with Crippen LogP contribution in [-0.2, 0) is 4.74 Å². The van der Waals surface area contributed by atoms with Crippen LogP contribution in [0.3, 0.4) is 0 Å². The largest absolute Gasteiger partial charge is 0.493 e. The number of amides is 1. The lowest BCUT2D eigenvalue weighted by Gasteiger charge is -2.33. The number of benzene rings is 1. The molecule has 0 saturated carbocycles. The van der Waals surface area contributed by atoms with Gasteiger partial charge < -0.3 is 24.8 Å². The zero-order valence-corrected chi connectivity index (χ0v) is 13.9. The van der Waals surface area contributed by atoms with E-state index in [1.165, 1.54) is 0 Å². The highest BCUT2D eigenvalue weighted by Crippen LogP contribution is 2.29. The third kappa shape index (κ3) is 4.36. The Hall–Kier alpha value is -1.79. The molecule has 0 aromatic heterocycles. The van der Waals surface area contributed by atoms with Gasteiger partial charge in [-0.25, -0.2) is 0 Å². The maximum absolute atomic E-state index is 12.9. The molecule has 0 atom stereocenters. The normalized spacial score (nSPS) is 15.3. The van der Waals surface area contributed by atoms with Crippen LogP contribution in [0.5, 0.6) is 11.5 Å². The molecule has 1 aliphatic heterocycles. The van der Waals surface area contributed by atoms with Crippen LogP contribution in [-0.4, -0.2) is 56.9 Å². The fourth-order valence-electron chi connectivity index (χ4n) is 2.82. The minimum Gasteiger partial charge on any atom is -0.493 e. The molecule has 0 unspecified atom stereocenters. The van der Waals surface area contributed by atoms with E-state index in [1.54, 1.807) is 25.3 Å². The van der Waals surface area contributed by atoms with E-state index in [4.69, 9.17) is 19.9 Å². The smallest absolute Gasteiger partial charge is 0.254 e. The number of rotatable bonds is 7. The summed E-state index contributed by atoms with van der Waals surface area (Å²) >= 11 is 0. The van der Waals surface area contributed by atoms with Gasteiger partial charge in [0.05, 0.1) is 7.11 Å². The summed E-state index contributed by atoms with van der Waals surface area (Å²) in [7, 11) is 1.58. The van der Waals surface area contributed by atoms with E-state index >= 15 is 0 Å². The Bertz CT molecular complexity index is 515. The number of carbonyl (C=O) groups is 1. The molecule has 23 heavy (non-hydrogen) atoms. The number of methoxy groups -OCH3 is 1. The SMILES string of the molecule is CCN(C(=O)c1ccc(OC)c(OCCN)c1)C1CCOCC1. The minimum atomic E-state index is 0.0136. The molecule has 1 aromatic carbocycles. The molecule has 0 spiro atoms. The molecular weight excluding hydrogens is 296 g/mol. The van der Waals surface area contributed by atoms with Crippen molar-refractivity contribution in [2.45, 2.75) is 25.8 Å². The predicted molar refractivity (Wildman–Crippen MR) is 88.1 cm³/mol. The van der Waals surface area contributed by atoms with Crippen molar-refractivity contribution >= 4 is 5.91 Å². The van der Waals surface area contributed by atoms with Crippen LogP contribution in [0, 0.1) is 0 Å². The van der Waals surface area contributed by atoms with E-state index in [0.717, 1.165) is 12.8 Å². The van der Waals surface area contributed by atoms with Crippen LogP contribution in [0.1, 0.15) is 30.1 Å². The van der Waals surface area contributed by atoms with E-state index in [-0.39, 0.29) is 11.9 Å². The molecule has 1 aliphatic rings. The average molecular weight is 322 g/mol. The fourth-order valence-corrected chi connectivity index (χ4v) is 2.82. The van der Waals surface area contributed by atoms with Gasteiger partial charge in [-0.15, -0.1) is 0 Å². The van der Waals surface area contributed by atoms with Crippen molar-refractivity contribution in [3.05, 3.63) is 23.8 Å². The van der Waals surface area contributed by atoms with Crippen LogP contribution in [0.4, 0.5) is 0 Å². The van der Waals surface area contributed by atoms with Gasteiger partial charge in [-0.2, -0.15) is 0 Å². The molecule has 0 radical (unpaired) electrons. The molecule has 1 fully saturated rings. The van der Waals surface area contributed by atoms with Crippen molar-refractivity contribution in [1.82, 2.24) is 4.90 Å². The lowest BCUT2D eigenvalue weighted by atomic mass is 10.1. The van der Waals surface area contributed by atoms with Crippen molar-refractivity contribution in [1.29, 1.82) is 0 Å². The van der Waals surface area contributed by atoms with Gasteiger partial charge in [0.15, 0.2) is 11.5 Å². The Morgan fingerprint density at radius 2 is 2.09 bits per heavy atom. The standard InChI is InChI=1S/C17H26N2O4/c1-3-19(14-6-9-22-10-7-14)17(20)13-4-5-15(21-2)16(12-13)23-11-8-18/h4-5,12,14H,3,6-11,18H2,1-2H3. The van der Waals surface area contributed by atoms with Crippen LogP contribution < -0.4 is 15.2 Å². The van der Waals surface area contributed by atoms with Gasteiger partial charge in [0.2, 0.25) is 0 Å². The first-order chi connectivity index (χ1) is 11.2. The Labute approximate surface area is 137 Å². The quantitative estimate of drug-likeness (QED) is 0.826. The maximum Gasteiger partial charge on any atom is 0.254 e. The number of nitrogens with two attached hydrogens (primary N) is 1. The summed E-state index contributed by atoms with van der Waals surface area (Å²) in [5, 5.41) is 0. The van der Waals surface area contributed by atoms with Gasteiger partial charge in [0, 0.05) is 37.9 Å². The highest BCUT2D eigenvalue weighted by atomic mass is 16.5. The molecular formula is C17H26N2O4. The Morgan fingerprint density at radius 3 is 2.70 bits per heavy atom. The van der Waals surface area contributed by atoms with Crippen molar-refractivity contribution < 1.29 is 19.0 Å². The molecule has 6 heteroatoms. The first-order valence-electron chi connectivity index (χ1n) is 8.10. The molecule has 0 bridgehead atoms. The summed E-state index contributed by atoms with van der Waals surface area (Å²) in [6.45, 7) is 4.89. The summed E-state index contributed by atoms with van der Waals surface area (Å²) in [5.41, 5.74) is 6.08. The molecule has 0 aliphatic carbocycles. The van der Waals surface area contributed by atoms with Gasteiger partial charge in [0.25, 0.3) is 5.91 Å². The number of nitrogens with zero attached hydrogens (tertiary/aromatic N) is 1. The van der Waals surface area contributed by atoms with E-state index < -0.39 is 0 Å². The Morgan fingerprint density at radius 1 is 1.35 bits per heavy atom. The molecule has 1 aromatic rings. The van der Waals surface area contributed by atoms with Crippen molar-refractivity contribution in [2.75, 3.05) is 40.0 Å². The third-order valence-corrected chi connectivity index (χ3v) is 4.02. The first-order valence-corrected chi connectivity index (χ1v) is 8.10. The number of hydrogen-bond acceptors (Lipinski definition) is 5. The number of carbonyl (C=O) groups excluding carboxylic acids is 1. The Kier molecular flexibility index (Phi) is 6.67. The van der Waals surface area contributed by atoms with Gasteiger partial charge in [-0.3, -0.25) is 4.79 Å². The van der Waals surface area contributed by atoms with E-state index in [1.807, 2.05) is 11.8 Å². The highest BCUT2D eigenvalue weighted by Gasteiger charge is 2.26. The second-order valence-electron chi connectivity index (χ2n) is 5.44. The maximum atomic E-state index is 12.9. The second kappa shape index (κ2) is 8.74. The minimum absolute atomic E-state index is 0.0136. The van der Waals surface area contributed by atoms with Crippen molar-refractivity contribution in [2.24, 2.45) is 5.73 Å². The molecule has 128 valence electrons. The van der Waals surface area contributed by atoms with Crippen LogP contribution in [0.2, 0.25) is 0 Å². The third-order valence-electron chi connectivity index (χ3n) is 4.02. The molecule has 2 rings (SSSR count). The van der Waals surface area contributed by atoms with E-state index in [0.29, 0.717) is 50.0 Å².